The first kappa shape index (κ1) is 12.6. The molecule has 0 saturated carbocycles. The molecule has 100 valence electrons. The molecule has 0 unspecified atom stereocenters. The van der Waals surface area contributed by atoms with Crippen molar-refractivity contribution in [3.8, 4) is 0 Å². The van der Waals surface area contributed by atoms with E-state index in [1.807, 2.05) is 36.4 Å². The lowest BCUT2D eigenvalue weighted by Gasteiger charge is -2.04. The molecular formula is C14H12N4OS. The van der Waals surface area contributed by atoms with Gasteiger partial charge in [-0.05, 0) is 23.8 Å². The van der Waals surface area contributed by atoms with Crippen LogP contribution in [-0.4, -0.2) is 16.0 Å². The van der Waals surface area contributed by atoms with E-state index >= 15 is 0 Å². The van der Waals surface area contributed by atoms with Crippen molar-refractivity contribution in [1.82, 2.24) is 15.3 Å². The number of amides is 2. The molecule has 2 aromatic heterocycles. The van der Waals surface area contributed by atoms with Gasteiger partial charge in [0.1, 0.15) is 0 Å². The van der Waals surface area contributed by atoms with E-state index in [-0.39, 0.29) is 6.03 Å². The van der Waals surface area contributed by atoms with E-state index in [0.717, 1.165) is 15.8 Å². The molecule has 5 nitrogen and oxygen atoms in total. The number of hydrogen-bond acceptors (Lipinski definition) is 4. The second-order valence-electron chi connectivity index (χ2n) is 4.16. The van der Waals surface area contributed by atoms with Crippen LogP contribution >= 0.6 is 11.3 Å². The predicted molar refractivity (Wildman–Crippen MR) is 79.7 cm³/mol. The average molecular weight is 284 g/mol. The van der Waals surface area contributed by atoms with Crippen molar-refractivity contribution in [2.45, 2.75) is 6.54 Å². The van der Waals surface area contributed by atoms with Crippen LogP contribution in [0.25, 0.3) is 10.2 Å². The van der Waals surface area contributed by atoms with Crippen LogP contribution in [0, 0.1) is 0 Å². The fourth-order valence-corrected chi connectivity index (χ4v) is 2.61. The van der Waals surface area contributed by atoms with Crippen molar-refractivity contribution in [2.75, 3.05) is 5.32 Å². The van der Waals surface area contributed by atoms with E-state index in [1.54, 1.807) is 12.4 Å². The fourth-order valence-electron chi connectivity index (χ4n) is 1.75. The van der Waals surface area contributed by atoms with E-state index in [1.165, 1.54) is 11.3 Å². The van der Waals surface area contributed by atoms with Crippen molar-refractivity contribution >= 4 is 32.7 Å². The number of thiazole rings is 1. The number of carbonyl (C=O) groups excluding carboxylic acids is 1. The highest BCUT2D eigenvalue weighted by molar-refractivity contribution is 7.22. The Morgan fingerprint density at radius 2 is 2.10 bits per heavy atom. The molecule has 3 rings (SSSR count). The van der Waals surface area contributed by atoms with Crippen molar-refractivity contribution in [1.29, 1.82) is 0 Å². The van der Waals surface area contributed by atoms with Gasteiger partial charge in [0.05, 0.1) is 10.2 Å². The average Bonchev–Trinajstić information content (AvgIpc) is 2.88. The van der Waals surface area contributed by atoms with Crippen molar-refractivity contribution in [3.05, 3.63) is 54.4 Å². The molecule has 1 aromatic carbocycles. The third kappa shape index (κ3) is 2.92. The molecule has 6 heteroatoms. The van der Waals surface area contributed by atoms with Gasteiger partial charge in [-0.25, -0.2) is 9.78 Å². The van der Waals surface area contributed by atoms with Crippen molar-refractivity contribution in [2.24, 2.45) is 0 Å². The summed E-state index contributed by atoms with van der Waals surface area (Å²) in [5.41, 5.74) is 1.84. The quantitative estimate of drug-likeness (QED) is 0.777. The highest BCUT2D eigenvalue weighted by atomic mass is 32.1. The first-order valence-corrected chi connectivity index (χ1v) is 6.92. The molecule has 20 heavy (non-hydrogen) atoms. The van der Waals surface area contributed by atoms with Gasteiger partial charge in [-0.15, -0.1) is 0 Å². The molecule has 0 bridgehead atoms. The third-order valence-corrected chi connectivity index (χ3v) is 3.64. The summed E-state index contributed by atoms with van der Waals surface area (Å²) in [7, 11) is 0. The van der Waals surface area contributed by atoms with Crippen LogP contribution < -0.4 is 10.6 Å². The number of nitrogens with zero attached hydrogens (tertiary/aromatic N) is 2. The van der Waals surface area contributed by atoms with Crippen LogP contribution in [0.2, 0.25) is 0 Å². The SMILES string of the molecule is O=C(NCc1cccnc1)Nc1nc2ccccc2s1. The monoisotopic (exact) mass is 284 g/mol. The minimum absolute atomic E-state index is 0.270. The molecule has 0 atom stereocenters. The predicted octanol–water partition coefficient (Wildman–Crippen LogP) is 3.01. The topological polar surface area (TPSA) is 66.9 Å². The van der Waals surface area contributed by atoms with E-state index in [4.69, 9.17) is 0 Å². The summed E-state index contributed by atoms with van der Waals surface area (Å²) in [6.07, 6.45) is 3.42. The van der Waals surface area contributed by atoms with Gasteiger partial charge in [-0.2, -0.15) is 0 Å². The normalized spacial score (nSPS) is 10.4. The number of anilines is 1. The van der Waals surface area contributed by atoms with Gasteiger partial charge in [0.25, 0.3) is 0 Å². The zero-order valence-electron chi connectivity index (χ0n) is 10.5. The second-order valence-corrected chi connectivity index (χ2v) is 5.19. The van der Waals surface area contributed by atoms with Gasteiger partial charge in [-0.1, -0.05) is 29.5 Å². The summed E-state index contributed by atoms with van der Waals surface area (Å²) in [5, 5.41) is 6.10. The molecular weight excluding hydrogens is 272 g/mol. The summed E-state index contributed by atoms with van der Waals surface area (Å²) in [4.78, 5) is 20.1. The maximum Gasteiger partial charge on any atom is 0.321 e. The molecule has 0 fully saturated rings. The number of para-hydroxylation sites is 1. The van der Waals surface area contributed by atoms with Gasteiger partial charge in [0.15, 0.2) is 5.13 Å². The second kappa shape index (κ2) is 5.66. The number of hydrogen-bond donors (Lipinski definition) is 2. The maximum atomic E-state index is 11.8. The van der Waals surface area contributed by atoms with Gasteiger partial charge >= 0.3 is 6.03 Å². The number of urea groups is 1. The first-order valence-electron chi connectivity index (χ1n) is 6.10. The van der Waals surface area contributed by atoms with Gasteiger partial charge < -0.3 is 5.32 Å². The highest BCUT2D eigenvalue weighted by Crippen LogP contribution is 2.25. The van der Waals surface area contributed by atoms with Crippen LogP contribution in [0.5, 0.6) is 0 Å². The summed E-state index contributed by atoms with van der Waals surface area (Å²) in [6, 6.07) is 11.2. The zero-order chi connectivity index (χ0) is 13.8. The lowest BCUT2D eigenvalue weighted by molar-refractivity contribution is 0.251. The molecule has 0 aliphatic carbocycles. The minimum atomic E-state index is -0.270. The lowest BCUT2D eigenvalue weighted by atomic mass is 10.3. The standard InChI is InChI=1S/C14H12N4OS/c19-13(16-9-10-4-3-7-15-8-10)18-14-17-11-5-1-2-6-12(11)20-14/h1-8H,9H2,(H2,16,17,18,19). The molecule has 0 aliphatic heterocycles. The fraction of sp³-hybridized carbons (Fsp3) is 0.0714. The number of pyridine rings is 1. The first-order chi connectivity index (χ1) is 9.81. The Balaban J connectivity index is 1.61. The van der Waals surface area contributed by atoms with Crippen molar-refractivity contribution < 1.29 is 4.79 Å². The third-order valence-electron chi connectivity index (χ3n) is 2.69. The van der Waals surface area contributed by atoms with Crippen LogP contribution in [0.1, 0.15) is 5.56 Å². The zero-order valence-corrected chi connectivity index (χ0v) is 11.4. The molecule has 2 amide bonds. The van der Waals surface area contributed by atoms with E-state index in [9.17, 15) is 4.79 Å². The Morgan fingerprint density at radius 3 is 2.90 bits per heavy atom. The highest BCUT2D eigenvalue weighted by Gasteiger charge is 2.06. The number of fused-ring (bicyclic) bond motifs is 1. The van der Waals surface area contributed by atoms with Crippen LogP contribution in [-0.2, 0) is 6.54 Å². The number of aromatic nitrogens is 2. The molecule has 2 heterocycles. The van der Waals surface area contributed by atoms with Crippen LogP contribution in [0.3, 0.4) is 0 Å². The number of rotatable bonds is 3. The molecule has 0 aliphatic rings. The minimum Gasteiger partial charge on any atom is -0.334 e. The Kier molecular flexibility index (Phi) is 3.56. The van der Waals surface area contributed by atoms with Gasteiger partial charge in [0.2, 0.25) is 0 Å². The van der Waals surface area contributed by atoms with E-state index < -0.39 is 0 Å². The lowest BCUT2D eigenvalue weighted by Crippen LogP contribution is -2.28. The molecule has 2 N–H and O–H groups in total. The smallest absolute Gasteiger partial charge is 0.321 e. The Labute approximate surface area is 119 Å². The van der Waals surface area contributed by atoms with Gasteiger partial charge in [-0.3, -0.25) is 10.3 Å². The molecule has 0 radical (unpaired) electrons. The van der Waals surface area contributed by atoms with E-state index in [0.29, 0.717) is 11.7 Å². The molecule has 3 aromatic rings. The van der Waals surface area contributed by atoms with Crippen molar-refractivity contribution in [3.63, 3.8) is 0 Å². The number of nitrogens with one attached hydrogen (secondary N) is 2. The summed E-state index contributed by atoms with van der Waals surface area (Å²) in [5.74, 6) is 0. The Morgan fingerprint density at radius 1 is 1.20 bits per heavy atom. The summed E-state index contributed by atoms with van der Waals surface area (Å²) >= 11 is 1.45. The number of benzene rings is 1. The largest absolute Gasteiger partial charge is 0.334 e. The Hall–Kier alpha value is -2.47. The summed E-state index contributed by atoms with van der Waals surface area (Å²) in [6.45, 7) is 0.435. The number of carbonyl (C=O) groups is 1. The van der Waals surface area contributed by atoms with E-state index in [2.05, 4.69) is 20.6 Å². The molecule has 0 spiro atoms. The van der Waals surface area contributed by atoms with Gasteiger partial charge in [0, 0.05) is 18.9 Å². The van der Waals surface area contributed by atoms with Crippen LogP contribution in [0.4, 0.5) is 9.93 Å². The summed E-state index contributed by atoms with van der Waals surface area (Å²) < 4.78 is 1.05. The van der Waals surface area contributed by atoms with Crippen LogP contribution in [0.15, 0.2) is 48.8 Å². The molecule has 0 saturated heterocycles. The maximum absolute atomic E-state index is 11.8. The Bertz CT molecular complexity index is 693.